The molecule has 2 aromatic carbocycles. The van der Waals surface area contributed by atoms with E-state index < -0.39 is 11.6 Å². The van der Waals surface area contributed by atoms with Crippen LogP contribution in [-0.2, 0) is 6.54 Å². The van der Waals surface area contributed by atoms with Crippen molar-refractivity contribution in [1.82, 2.24) is 4.98 Å². The van der Waals surface area contributed by atoms with Crippen molar-refractivity contribution in [3.63, 3.8) is 0 Å². The minimum Gasteiger partial charge on any atom is -0.280 e. The third-order valence-electron chi connectivity index (χ3n) is 4.10. The maximum absolute atomic E-state index is 13.5. The van der Waals surface area contributed by atoms with E-state index in [9.17, 15) is 8.78 Å². The highest BCUT2D eigenvalue weighted by molar-refractivity contribution is 6.13. The van der Waals surface area contributed by atoms with Crippen LogP contribution in [0.5, 0.6) is 0 Å². The average molecular weight is 332 g/mol. The molecule has 1 aromatic heterocycles. The van der Waals surface area contributed by atoms with Crippen LogP contribution in [0.1, 0.15) is 16.8 Å². The molecule has 2 heterocycles. The maximum atomic E-state index is 13.5. The van der Waals surface area contributed by atoms with Crippen LogP contribution in [0.15, 0.2) is 71.9 Å². The first-order valence-electron chi connectivity index (χ1n) is 7.92. The number of hydrogen-bond acceptors (Lipinski definition) is 2. The Balaban J connectivity index is 1.68. The Morgan fingerprint density at radius 3 is 2.44 bits per heavy atom. The van der Waals surface area contributed by atoms with Gasteiger partial charge in [0.25, 0.3) is 0 Å². The molecule has 4 rings (SSSR count). The van der Waals surface area contributed by atoms with Gasteiger partial charge in [-0.2, -0.15) is 0 Å². The third kappa shape index (κ3) is 3.24. The Labute approximate surface area is 144 Å². The fourth-order valence-corrected chi connectivity index (χ4v) is 2.89. The second kappa shape index (κ2) is 6.40. The highest BCUT2D eigenvalue weighted by Crippen LogP contribution is 2.28. The number of fused-ring (bicyclic) bond motifs is 1. The highest BCUT2D eigenvalue weighted by Gasteiger charge is 2.15. The highest BCUT2D eigenvalue weighted by atomic mass is 19.1. The number of hydrogen-bond donors (Lipinski definition) is 0. The first-order chi connectivity index (χ1) is 12.2. The summed E-state index contributed by atoms with van der Waals surface area (Å²) in [6, 6.07) is 15.0. The molecule has 0 saturated heterocycles. The van der Waals surface area contributed by atoms with Crippen molar-refractivity contribution in [3.8, 4) is 11.1 Å². The van der Waals surface area contributed by atoms with Gasteiger partial charge in [-0.3, -0.25) is 9.98 Å². The minimum atomic E-state index is -0.584. The van der Waals surface area contributed by atoms with Crippen LogP contribution in [0.25, 0.3) is 17.2 Å². The first kappa shape index (κ1) is 15.4. The summed E-state index contributed by atoms with van der Waals surface area (Å²) in [5.41, 5.74) is 5.05. The molecule has 122 valence electrons. The summed E-state index contributed by atoms with van der Waals surface area (Å²) in [6.45, 7) is 0.606. The van der Waals surface area contributed by atoms with Crippen molar-refractivity contribution >= 4 is 11.8 Å². The second-order valence-electron chi connectivity index (χ2n) is 5.82. The summed E-state index contributed by atoms with van der Waals surface area (Å²) in [4.78, 5) is 8.80. The van der Waals surface area contributed by atoms with Gasteiger partial charge in [-0.05, 0) is 59.2 Å². The largest absolute Gasteiger partial charge is 0.280 e. The van der Waals surface area contributed by atoms with Gasteiger partial charge in [-0.15, -0.1) is 0 Å². The Hall–Kier alpha value is -3.14. The molecule has 0 aliphatic carbocycles. The van der Waals surface area contributed by atoms with Gasteiger partial charge in [0.15, 0.2) is 0 Å². The van der Waals surface area contributed by atoms with E-state index in [-0.39, 0.29) is 0 Å². The van der Waals surface area contributed by atoms with Gasteiger partial charge >= 0.3 is 0 Å². The molecule has 3 aromatic rings. The van der Waals surface area contributed by atoms with Crippen LogP contribution < -0.4 is 0 Å². The lowest BCUT2D eigenvalue weighted by molar-refractivity contribution is 0.584. The van der Waals surface area contributed by atoms with Gasteiger partial charge in [-0.1, -0.05) is 18.2 Å². The molecule has 0 atom stereocenters. The number of allylic oxidation sites excluding steroid dienone is 1. The van der Waals surface area contributed by atoms with Crippen LogP contribution >= 0.6 is 0 Å². The minimum absolute atomic E-state index is 0.514. The van der Waals surface area contributed by atoms with E-state index in [1.54, 1.807) is 6.20 Å². The summed E-state index contributed by atoms with van der Waals surface area (Å²) < 4.78 is 27.0. The molecule has 0 unspecified atom stereocenters. The Morgan fingerprint density at radius 2 is 1.68 bits per heavy atom. The Morgan fingerprint density at radius 1 is 0.840 bits per heavy atom. The van der Waals surface area contributed by atoms with Crippen LogP contribution in [-0.4, -0.2) is 10.7 Å². The van der Waals surface area contributed by atoms with Gasteiger partial charge in [0.1, 0.15) is 11.6 Å². The number of nitrogens with zero attached hydrogens (tertiary/aromatic N) is 2. The Kier molecular flexibility index (Phi) is 3.94. The zero-order valence-corrected chi connectivity index (χ0v) is 13.3. The molecule has 0 radical (unpaired) electrons. The molecular formula is C21H14F2N2. The summed E-state index contributed by atoms with van der Waals surface area (Å²) in [7, 11) is 0. The lowest BCUT2D eigenvalue weighted by atomic mass is 9.97. The van der Waals surface area contributed by atoms with E-state index in [1.807, 2.05) is 48.6 Å². The molecule has 2 nitrogen and oxygen atoms in total. The third-order valence-corrected chi connectivity index (χ3v) is 4.10. The molecule has 0 fully saturated rings. The van der Waals surface area contributed by atoms with Crippen molar-refractivity contribution in [2.75, 3.05) is 0 Å². The van der Waals surface area contributed by atoms with Crippen molar-refractivity contribution in [3.05, 3.63) is 95.3 Å². The number of pyridine rings is 1. The van der Waals surface area contributed by atoms with Crippen LogP contribution in [0.4, 0.5) is 8.78 Å². The lowest BCUT2D eigenvalue weighted by Crippen LogP contribution is -1.95. The van der Waals surface area contributed by atoms with Crippen LogP contribution in [0.2, 0.25) is 0 Å². The number of benzene rings is 2. The zero-order chi connectivity index (χ0) is 17.2. The van der Waals surface area contributed by atoms with E-state index >= 15 is 0 Å². The first-order valence-corrected chi connectivity index (χ1v) is 7.92. The molecule has 0 bridgehead atoms. The summed E-state index contributed by atoms with van der Waals surface area (Å²) in [6.07, 6.45) is 5.56. The fraction of sp³-hybridized carbons (Fsp3) is 0.0476. The molecule has 0 amide bonds. The number of halogens is 2. The van der Waals surface area contributed by atoms with Gasteiger partial charge in [0, 0.05) is 17.8 Å². The smallest absolute Gasteiger partial charge is 0.126 e. The average Bonchev–Trinajstić information content (AvgIpc) is 3.02. The molecule has 0 spiro atoms. The summed E-state index contributed by atoms with van der Waals surface area (Å²) >= 11 is 0. The number of aromatic nitrogens is 1. The molecule has 0 N–H and O–H groups in total. The normalized spacial score (nSPS) is 13.1. The number of aliphatic imine (C=N–C) groups is 1. The summed E-state index contributed by atoms with van der Waals surface area (Å²) in [5, 5.41) is 0. The molecule has 0 saturated carbocycles. The molecule has 25 heavy (non-hydrogen) atoms. The van der Waals surface area contributed by atoms with Crippen molar-refractivity contribution in [2.24, 2.45) is 4.99 Å². The predicted octanol–water partition coefficient (Wildman–Crippen LogP) is 5.04. The second-order valence-corrected chi connectivity index (χ2v) is 5.82. The van der Waals surface area contributed by atoms with E-state index in [1.165, 1.54) is 12.1 Å². The quantitative estimate of drug-likeness (QED) is 0.659. The van der Waals surface area contributed by atoms with Crippen molar-refractivity contribution in [2.45, 2.75) is 6.54 Å². The molecule has 1 aliphatic rings. The van der Waals surface area contributed by atoms with Crippen molar-refractivity contribution < 1.29 is 8.78 Å². The van der Waals surface area contributed by atoms with Crippen LogP contribution in [0, 0.1) is 11.6 Å². The van der Waals surface area contributed by atoms with Gasteiger partial charge in [-0.25, -0.2) is 8.78 Å². The SMILES string of the molecule is Fc1cc(F)cc(-c2ccc3c(c2)C(/C=C/c2ccccn2)=NC3)c1. The van der Waals surface area contributed by atoms with Gasteiger partial charge < -0.3 is 0 Å². The standard InChI is InChI=1S/C21H14F2N2/c22-17-9-16(10-18(23)12-17)14-4-5-15-13-25-21(20(15)11-14)7-6-19-3-1-2-8-24-19/h1-12H,13H2/b7-6+. The maximum Gasteiger partial charge on any atom is 0.126 e. The topological polar surface area (TPSA) is 25.2 Å². The van der Waals surface area contributed by atoms with Gasteiger partial charge in [0.05, 0.1) is 18.0 Å². The van der Waals surface area contributed by atoms with Crippen molar-refractivity contribution in [1.29, 1.82) is 0 Å². The number of rotatable bonds is 3. The summed E-state index contributed by atoms with van der Waals surface area (Å²) in [5.74, 6) is -1.17. The zero-order valence-electron chi connectivity index (χ0n) is 13.3. The van der Waals surface area contributed by atoms with Gasteiger partial charge in [0.2, 0.25) is 0 Å². The molecular weight excluding hydrogens is 318 g/mol. The van der Waals surface area contributed by atoms with E-state index in [0.29, 0.717) is 12.1 Å². The predicted molar refractivity (Wildman–Crippen MR) is 95.3 cm³/mol. The monoisotopic (exact) mass is 332 g/mol. The van der Waals surface area contributed by atoms with E-state index in [4.69, 9.17) is 0 Å². The molecule has 1 aliphatic heterocycles. The van der Waals surface area contributed by atoms with E-state index in [2.05, 4.69) is 9.98 Å². The lowest BCUT2D eigenvalue weighted by Gasteiger charge is -2.06. The molecule has 4 heteroatoms. The Bertz CT molecular complexity index is 972. The van der Waals surface area contributed by atoms with Crippen LogP contribution in [0.3, 0.4) is 0 Å². The fourth-order valence-electron chi connectivity index (χ4n) is 2.89. The van der Waals surface area contributed by atoms with E-state index in [0.717, 1.165) is 34.2 Å².